The Balaban J connectivity index is 1.54. The third-order valence-corrected chi connectivity index (χ3v) is 4.56. The van der Waals surface area contributed by atoms with Crippen molar-refractivity contribution in [1.82, 2.24) is 9.88 Å². The number of aliphatic hydroxyl groups excluding tert-OH is 1. The minimum Gasteiger partial charge on any atom is -0.388 e. The molecule has 116 valence electrons. The van der Waals surface area contributed by atoms with Crippen molar-refractivity contribution in [1.29, 1.82) is 0 Å². The normalized spacial score (nSPS) is 20.1. The van der Waals surface area contributed by atoms with Gasteiger partial charge in [-0.15, -0.1) is 0 Å². The van der Waals surface area contributed by atoms with Crippen LogP contribution in [0.2, 0.25) is 0 Å². The second kappa shape index (κ2) is 7.52. The molecule has 0 aliphatic carbocycles. The summed E-state index contributed by atoms with van der Waals surface area (Å²) in [6, 6.07) is 16.6. The highest BCUT2D eigenvalue weighted by molar-refractivity contribution is 5.17. The van der Waals surface area contributed by atoms with Gasteiger partial charge in [0.05, 0.1) is 6.10 Å². The van der Waals surface area contributed by atoms with E-state index >= 15 is 0 Å². The average Bonchev–Trinajstić information content (AvgIpc) is 3.02. The number of rotatable bonds is 6. The van der Waals surface area contributed by atoms with Crippen molar-refractivity contribution >= 4 is 0 Å². The Kier molecular flexibility index (Phi) is 5.20. The molecule has 1 aromatic carbocycles. The fourth-order valence-corrected chi connectivity index (χ4v) is 3.33. The number of likely N-dealkylation sites (tertiary alicyclic amines) is 1. The van der Waals surface area contributed by atoms with Crippen molar-refractivity contribution in [2.75, 3.05) is 13.1 Å². The lowest BCUT2D eigenvalue weighted by Gasteiger charge is -2.26. The van der Waals surface area contributed by atoms with Gasteiger partial charge in [0, 0.05) is 30.9 Å². The first-order chi connectivity index (χ1) is 10.8. The minimum absolute atomic E-state index is 0.360. The Hall–Kier alpha value is -1.71. The van der Waals surface area contributed by atoms with Crippen LogP contribution in [-0.4, -0.2) is 34.1 Å². The molecule has 2 heterocycles. The Morgan fingerprint density at radius 3 is 2.73 bits per heavy atom. The van der Waals surface area contributed by atoms with E-state index in [1.807, 2.05) is 48.7 Å². The van der Waals surface area contributed by atoms with E-state index in [2.05, 4.69) is 16.0 Å². The lowest BCUT2D eigenvalue weighted by atomic mass is 10.0. The first kappa shape index (κ1) is 15.2. The fraction of sp³-hybridized carbons (Fsp3) is 0.421. The maximum Gasteiger partial charge on any atom is 0.0805 e. The van der Waals surface area contributed by atoms with Crippen LogP contribution in [0.3, 0.4) is 0 Å². The molecule has 1 aromatic heterocycles. The molecule has 1 saturated heterocycles. The van der Waals surface area contributed by atoms with Crippen LogP contribution in [-0.2, 0) is 6.42 Å². The summed E-state index contributed by atoms with van der Waals surface area (Å²) in [5.41, 5.74) is 2.18. The van der Waals surface area contributed by atoms with E-state index < -0.39 is 0 Å². The monoisotopic (exact) mass is 296 g/mol. The quantitative estimate of drug-likeness (QED) is 0.889. The summed E-state index contributed by atoms with van der Waals surface area (Å²) in [5.74, 6) is 0. The maximum atomic E-state index is 10.4. The summed E-state index contributed by atoms with van der Waals surface area (Å²) < 4.78 is 0. The van der Waals surface area contributed by atoms with Crippen LogP contribution in [0.15, 0.2) is 54.7 Å². The number of pyridine rings is 1. The molecule has 0 saturated carbocycles. The van der Waals surface area contributed by atoms with Crippen molar-refractivity contribution in [3.05, 3.63) is 66.0 Å². The molecule has 2 unspecified atom stereocenters. The van der Waals surface area contributed by atoms with Crippen LogP contribution in [0.25, 0.3) is 0 Å². The molecule has 1 aliphatic rings. The zero-order valence-corrected chi connectivity index (χ0v) is 12.9. The van der Waals surface area contributed by atoms with Gasteiger partial charge in [-0.05, 0) is 43.5 Å². The lowest BCUT2D eigenvalue weighted by molar-refractivity contribution is 0.121. The van der Waals surface area contributed by atoms with E-state index in [4.69, 9.17) is 0 Å². The van der Waals surface area contributed by atoms with Gasteiger partial charge in [0.15, 0.2) is 0 Å². The van der Waals surface area contributed by atoms with E-state index in [0.29, 0.717) is 6.04 Å². The van der Waals surface area contributed by atoms with Gasteiger partial charge in [0.25, 0.3) is 0 Å². The molecule has 1 fully saturated rings. The lowest BCUT2D eigenvalue weighted by Crippen LogP contribution is -2.32. The molecule has 0 amide bonds. The van der Waals surface area contributed by atoms with Crippen LogP contribution < -0.4 is 0 Å². The summed E-state index contributed by atoms with van der Waals surface area (Å²) in [4.78, 5) is 6.91. The highest BCUT2D eigenvalue weighted by Gasteiger charge is 2.26. The van der Waals surface area contributed by atoms with Crippen LogP contribution in [0.5, 0.6) is 0 Å². The molecule has 0 radical (unpaired) electrons. The van der Waals surface area contributed by atoms with Crippen molar-refractivity contribution in [3.63, 3.8) is 0 Å². The summed E-state index contributed by atoms with van der Waals surface area (Å²) in [7, 11) is 0. The van der Waals surface area contributed by atoms with Crippen LogP contribution in [0.4, 0.5) is 0 Å². The van der Waals surface area contributed by atoms with Gasteiger partial charge in [-0.1, -0.05) is 36.4 Å². The van der Waals surface area contributed by atoms with Crippen LogP contribution in [0.1, 0.15) is 36.6 Å². The number of aromatic nitrogens is 1. The van der Waals surface area contributed by atoms with E-state index in [1.165, 1.54) is 12.8 Å². The van der Waals surface area contributed by atoms with Gasteiger partial charge in [-0.25, -0.2) is 0 Å². The van der Waals surface area contributed by atoms with E-state index in [0.717, 1.165) is 37.2 Å². The van der Waals surface area contributed by atoms with Gasteiger partial charge >= 0.3 is 0 Å². The molecular weight excluding hydrogens is 272 g/mol. The molecular formula is C19H24N2O. The maximum absolute atomic E-state index is 10.4. The van der Waals surface area contributed by atoms with Crippen molar-refractivity contribution < 1.29 is 5.11 Å². The van der Waals surface area contributed by atoms with Gasteiger partial charge < -0.3 is 5.11 Å². The second-order valence-electron chi connectivity index (χ2n) is 6.07. The first-order valence-corrected chi connectivity index (χ1v) is 8.20. The second-order valence-corrected chi connectivity index (χ2v) is 6.07. The van der Waals surface area contributed by atoms with Crippen molar-refractivity contribution in [2.24, 2.45) is 0 Å². The van der Waals surface area contributed by atoms with Gasteiger partial charge in [-0.2, -0.15) is 0 Å². The van der Waals surface area contributed by atoms with E-state index in [9.17, 15) is 5.11 Å². The molecule has 22 heavy (non-hydrogen) atoms. The largest absolute Gasteiger partial charge is 0.388 e. The molecule has 0 spiro atoms. The topological polar surface area (TPSA) is 36.4 Å². The molecule has 2 aromatic rings. The predicted molar refractivity (Wildman–Crippen MR) is 88.6 cm³/mol. The SMILES string of the molecule is OC(CC1CCCN1CCc1ccccn1)c1ccccc1. The zero-order chi connectivity index (χ0) is 15.2. The average molecular weight is 296 g/mol. The molecule has 3 nitrogen and oxygen atoms in total. The molecule has 1 aliphatic heterocycles. The Labute approximate surface area is 132 Å². The zero-order valence-electron chi connectivity index (χ0n) is 12.9. The van der Waals surface area contributed by atoms with Gasteiger partial charge in [0.1, 0.15) is 0 Å². The third kappa shape index (κ3) is 3.93. The number of hydrogen-bond acceptors (Lipinski definition) is 3. The van der Waals surface area contributed by atoms with Crippen LogP contribution in [0, 0.1) is 0 Å². The van der Waals surface area contributed by atoms with Gasteiger partial charge in [0.2, 0.25) is 0 Å². The molecule has 1 N–H and O–H groups in total. The molecule has 0 bridgehead atoms. The standard InChI is InChI=1S/C19H24N2O/c22-19(16-7-2-1-3-8-16)15-18-10-6-13-21(18)14-11-17-9-4-5-12-20-17/h1-5,7-9,12,18-19,22H,6,10-11,13-15H2. The fourth-order valence-electron chi connectivity index (χ4n) is 3.33. The molecule has 2 atom stereocenters. The van der Waals surface area contributed by atoms with Crippen molar-refractivity contribution in [3.8, 4) is 0 Å². The smallest absolute Gasteiger partial charge is 0.0805 e. The first-order valence-electron chi connectivity index (χ1n) is 8.20. The third-order valence-electron chi connectivity index (χ3n) is 4.56. The molecule has 3 heteroatoms. The number of hydrogen-bond donors (Lipinski definition) is 1. The highest BCUT2D eigenvalue weighted by Crippen LogP contribution is 2.27. The van der Waals surface area contributed by atoms with E-state index in [-0.39, 0.29) is 6.10 Å². The number of benzene rings is 1. The van der Waals surface area contributed by atoms with E-state index in [1.54, 1.807) is 0 Å². The van der Waals surface area contributed by atoms with Crippen molar-refractivity contribution in [2.45, 2.75) is 37.8 Å². The Morgan fingerprint density at radius 2 is 1.95 bits per heavy atom. The number of nitrogens with zero attached hydrogens (tertiary/aromatic N) is 2. The minimum atomic E-state index is -0.360. The van der Waals surface area contributed by atoms with Gasteiger partial charge in [-0.3, -0.25) is 9.88 Å². The summed E-state index contributed by atoms with van der Waals surface area (Å²) >= 11 is 0. The summed E-state index contributed by atoms with van der Waals surface area (Å²) in [6.45, 7) is 2.17. The number of aliphatic hydroxyl groups is 1. The summed E-state index contributed by atoms with van der Waals surface area (Å²) in [6.07, 6.45) is 5.73. The predicted octanol–water partition coefficient (Wildman–Crippen LogP) is 3.21. The molecule has 3 rings (SSSR count). The Morgan fingerprint density at radius 1 is 1.14 bits per heavy atom. The van der Waals surface area contributed by atoms with Crippen LogP contribution >= 0.6 is 0 Å². The Bertz CT molecular complexity index is 558. The summed E-state index contributed by atoms with van der Waals surface area (Å²) in [5, 5.41) is 10.4. The highest BCUT2D eigenvalue weighted by atomic mass is 16.3.